The second-order valence-electron chi connectivity index (χ2n) is 5.48. The Kier molecular flexibility index (Phi) is 7.31. The summed E-state index contributed by atoms with van der Waals surface area (Å²) in [7, 11) is 1.84. The van der Waals surface area contributed by atoms with Crippen LogP contribution in [0, 0.1) is 0 Å². The van der Waals surface area contributed by atoms with Gasteiger partial charge in [-0.3, -0.25) is 9.10 Å². The molecule has 23 heavy (non-hydrogen) atoms. The molecule has 0 spiro atoms. The van der Waals surface area contributed by atoms with Gasteiger partial charge in [-0.05, 0) is 39.2 Å². The molecule has 0 saturated carbocycles. The van der Waals surface area contributed by atoms with Gasteiger partial charge in [0.2, 0.25) is 15.9 Å². The van der Waals surface area contributed by atoms with Crippen molar-refractivity contribution in [2.75, 3.05) is 51.4 Å². The van der Waals surface area contributed by atoms with Crippen LogP contribution in [0.25, 0.3) is 0 Å². The highest BCUT2D eigenvalue weighted by Gasteiger charge is 2.21. The summed E-state index contributed by atoms with van der Waals surface area (Å²) in [6.45, 7) is 1.10. The van der Waals surface area contributed by atoms with E-state index in [-0.39, 0.29) is 12.5 Å². The molecule has 1 rings (SSSR count). The molecular weight excluding hydrogens is 318 g/mol. The van der Waals surface area contributed by atoms with Crippen LogP contribution in [-0.4, -0.2) is 66.3 Å². The van der Waals surface area contributed by atoms with Gasteiger partial charge in [0.1, 0.15) is 12.3 Å². The molecule has 0 aliphatic heterocycles. The Balaban J connectivity index is 2.74. The van der Waals surface area contributed by atoms with Crippen molar-refractivity contribution in [2.24, 2.45) is 0 Å². The molecule has 0 bridgehead atoms. The van der Waals surface area contributed by atoms with Crippen LogP contribution in [0.2, 0.25) is 0 Å². The molecule has 1 N–H and O–H groups in total. The maximum Gasteiger partial charge on any atom is 0.240 e. The fourth-order valence-corrected chi connectivity index (χ4v) is 2.82. The van der Waals surface area contributed by atoms with E-state index >= 15 is 0 Å². The van der Waals surface area contributed by atoms with Crippen LogP contribution >= 0.6 is 0 Å². The molecule has 0 radical (unpaired) electrons. The van der Waals surface area contributed by atoms with Crippen molar-refractivity contribution >= 4 is 21.6 Å². The highest BCUT2D eigenvalue weighted by Crippen LogP contribution is 2.22. The number of anilines is 1. The van der Waals surface area contributed by atoms with Crippen LogP contribution < -0.4 is 14.4 Å². The number of ether oxygens (including phenoxy) is 1. The molecule has 8 heteroatoms. The first-order valence-electron chi connectivity index (χ1n) is 7.27. The predicted octanol–water partition coefficient (Wildman–Crippen LogP) is 0.529. The van der Waals surface area contributed by atoms with Crippen LogP contribution in [-0.2, 0) is 14.8 Å². The number of nitrogens with zero attached hydrogens (tertiary/aromatic N) is 2. The van der Waals surface area contributed by atoms with E-state index in [1.54, 1.807) is 24.3 Å². The van der Waals surface area contributed by atoms with Crippen LogP contribution in [0.4, 0.5) is 5.69 Å². The summed E-state index contributed by atoms with van der Waals surface area (Å²) in [6.07, 6.45) is 1.88. The van der Waals surface area contributed by atoms with Crippen LogP contribution in [0.5, 0.6) is 5.75 Å². The predicted molar refractivity (Wildman–Crippen MR) is 91.4 cm³/mol. The minimum Gasteiger partial charge on any atom is -0.497 e. The SMILES string of the molecule is COc1cccc(N(CC(=O)NCCCN(C)C)S(C)(=O)=O)c1. The molecule has 0 atom stereocenters. The summed E-state index contributed by atoms with van der Waals surface area (Å²) in [6, 6.07) is 6.61. The minimum absolute atomic E-state index is 0.256. The maximum atomic E-state index is 12.0. The topological polar surface area (TPSA) is 79.0 Å². The van der Waals surface area contributed by atoms with E-state index in [0.29, 0.717) is 18.0 Å². The van der Waals surface area contributed by atoms with Gasteiger partial charge >= 0.3 is 0 Å². The Morgan fingerprint density at radius 3 is 2.57 bits per heavy atom. The van der Waals surface area contributed by atoms with Crippen molar-refractivity contribution < 1.29 is 17.9 Å². The number of methoxy groups -OCH3 is 1. The molecule has 130 valence electrons. The lowest BCUT2D eigenvalue weighted by atomic mass is 10.3. The molecule has 1 amide bonds. The minimum atomic E-state index is -3.57. The summed E-state index contributed by atoms with van der Waals surface area (Å²) in [5.74, 6) is 0.194. The van der Waals surface area contributed by atoms with E-state index in [4.69, 9.17) is 4.74 Å². The van der Waals surface area contributed by atoms with E-state index < -0.39 is 10.0 Å². The quantitative estimate of drug-likeness (QED) is 0.662. The summed E-state index contributed by atoms with van der Waals surface area (Å²) in [5.41, 5.74) is 0.398. The summed E-state index contributed by atoms with van der Waals surface area (Å²) < 4.78 is 30.1. The number of benzene rings is 1. The van der Waals surface area contributed by atoms with Crippen LogP contribution in [0.3, 0.4) is 0 Å². The van der Waals surface area contributed by atoms with Gasteiger partial charge in [0.15, 0.2) is 0 Å². The molecule has 0 unspecified atom stereocenters. The second-order valence-corrected chi connectivity index (χ2v) is 7.38. The third-order valence-electron chi connectivity index (χ3n) is 3.13. The van der Waals surface area contributed by atoms with Gasteiger partial charge in [-0.15, -0.1) is 0 Å². The van der Waals surface area contributed by atoms with Gasteiger partial charge in [0.05, 0.1) is 19.1 Å². The van der Waals surface area contributed by atoms with Crippen molar-refractivity contribution in [3.63, 3.8) is 0 Å². The van der Waals surface area contributed by atoms with Crippen molar-refractivity contribution in [3.05, 3.63) is 24.3 Å². The number of amides is 1. The molecule has 0 saturated heterocycles. The fraction of sp³-hybridized carbons (Fsp3) is 0.533. The van der Waals surface area contributed by atoms with E-state index in [0.717, 1.165) is 23.5 Å². The molecule has 1 aromatic rings. The third-order valence-corrected chi connectivity index (χ3v) is 4.27. The third kappa shape index (κ3) is 6.87. The lowest BCUT2D eigenvalue weighted by Crippen LogP contribution is -2.41. The number of carbonyl (C=O) groups excluding carboxylic acids is 1. The lowest BCUT2D eigenvalue weighted by molar-refractivity contribution is -0.119. The number of sulfonamides is 1. The summed E-state index contributed by atoms with van der Waals surface area (Å²) in [4.78, 5) is 14.0. The largest absolute Gasteiger partial charge is 0.497 e. The van der Waals surface area contributed by atoms with Crippen molar-refractivity contribution in [2.45, 2.75) is 6.42 Å². The summed E-state index contributed by atoms with van der Waals surface area (Å²) >= 11 is 0. The first kappa shape index (κ1) is 19.2. The second kappa shape index (κ2) is 8.73. The number of hydrogen-bond donors (Lipinski definition) is 1. The zero-order valence-corrected chi connectivity index (χ0v) is 14.9. The van der Waals surface area contributed by atoms with Crippen LogP contribution in [0.1, 0.15) is 6.42 Å². The average molecular weight is 343 g/mol. The highest BCUT2D eigenvalue weighted by atomic mass is 32.2. The van der Waals surface area contributed by atoms with Gasteiger partial charge < -0.3 is 15.0 Å². The lowest BCUT2D eigenvalue weighted by Gasteiger charge is -2.22. The van der Waals surface area contributed by atoms with Gasteiger partial charge in [-0.25, -0.2) is 8.42 Å². The normalized spacial score (nSPS) is 11.3. The standard InChI is InChI=1S/C15H25N3O4S/c1-17(2)10-6-9-16-15(19)12-18(23(4,20)21)13-7-5-8-14(11-13)22-3/h5,7-8,11H,6,9-10,12H2,1-4H3,(H,16,19). The average Bonchev–Trinajstić information content (AvgIpc) is 2.48. The van der Waals surface area contributed by atoms with E-state index in [1.165, 1.54) is 7.11 Å². The first-order valence-corrected chi connectivity index (χ1v) is 9.12. The molecule has 1 aromatic carbocycles. The van der Waals surface area contributed by atoms with E-state index in [2.05, 4.69) is 5.32 Å². The van der Waals surface area contributed by atoms with Gasteiger partial charge in [-0.1, -0.05) is 6.07 Å². The number of nitrogens with one attached hydrogen (secondary N) is 1. The zero-order chi connectivity index (χ0) is 17.5. The number of hydrogen-bond acceptors (Lipinski definition) is 5. The zero-order valence-electron chi connectivity index (χ0n) is 14.1. The Morgan fingerprint density at radius 2 is 2.00 bits per heavy atom. The van der Waals surface area contributed by atoms with Gasteiger partial charge in [0, 0.05) is 12.6 Å². The van der Waals surface area contributed by atoms with Crippen LogP contribution in [0.15, 0.2) is 24.3 Å². The molecule has 0 aromatic heterocycles. The number of rotatable bonds is 9. The smallest absolute Gasteiger partial charge is 0.240 e. The Labute approximate surface area is 138 Å². The van der Waals surface area contributed by atoms with Gasteiger partial charge in [0.25, 0.3) is 0 Å². The van der Waals surface area contributed by atoms with E-state index in [1.807, 2.05) is 19.0 Å². The molecule has 0 heterocycles. The van der Waals surface area contributed by atoms with Gasteiger partial charge in [-0.2, -0.15) is 0 Å². The van der Waals surface area contributed by atoms with Crippen molar-refractivity contribution in [1.29, 1.82) is 0 Å². The molecule has 0 aliphatic carbocycles. The molecule has 7 nitrogen and oxygen atoms in total. The Hall–Kier alpha value is -1.80. The Bertz CT molecular complexity index is 617. The number of carbonyl (C=O) groups is 1. The van der Waals surface area contributed by atoms with E-state index in [9.17, 15) is 13.2 Å². The highest BCUT2D eigenvalue weighted by molar-refractivity contribution is 7.92. The monoisotopic (exact) mass is 343 g/mol. The Morgan fingerprint density at radius 1 is 1.30 bits per heavy atom. The first-order chi connectivity index (χ1) is 10.7. The molecule has 0 aliphatic rings. The molecular formula is C15H25N3O4S. The fourth-order valence-electron chi connectivity index (χ4n) is 1.98. The molecule has 0 fully saturated rings. The van der Waals surface area contributed by atoms with Crippen molar-refractivity contribution in [1.82, 2.24) is 10.2 Å². The summed E-state index contributed by atoms with van der Waals surface area (Å²) in [5, 5.41) is 2.74. The maximum absolute atomic E-state index is 12.0. The van der Waals surface area contributed by atoms with Crippen molar-refractivity contribution in [3.8, 4) is 5.75 Å².